The lowest BCUT2D eigenvalue weighted by Gasteiger charge is -2.27. The van der Waals surface area contributed by atoms with Gasteiger partial charge in [0, 0.05) is 5.02 Å². The topological polar surface area (TPSA) is 40.5 Å². The SMILES string of the molecule is CC(c1ccccc1Cl)N(C(=O)O)c1ccsc1Br. The normalized spacial score (nSPS) is 12.2. The second-order valence-corrected chi connectivity index (χ2v) is 6.57. The lowest BCUT2D eigenvalue weighted by atomic mass is 10.1. The van der Waals surface area contributed by atoms with E-state index in [2.05, 4.69) is 15.9 Å². The minimum Gasteiger partial charge on any atom is -0.465 e. The fourth-order valence-corrected chi connectivity index (χ4v) is 3.43. The lowest BCUT2D eigenvalue weighted by molar-refractivity contribution is 0.199. The average Bonchev–Trinajstić information content (AvgIpc) is 2.76. The molecular weight excluding hydrogens is 350 g/mol. The molecule has 0 saturated carbocycles. The van der Waals surface area contributed by atoms with Crippen molar-refractivity contribution in [2.24, 2.45) is 0 Å². The quantitative estimate of drug-likeness (QED) is 0.795. The van der Waals surface area contributed by atoms with Gasteiger partial charge in [-0.1, -0.05) is 29.8 Å². The predicted molar refractivity (Wildman–Crippen MR) is 82.4 cm³/mol. The van der Waals surface area contributed by atoms with E-state index in [1.807, 2.05) is 30.5 Å². The molecule has 100 valence electrons. The summed E-state index contributed by atoms with van der Waals surface area (Å²) in [5.74, 6) is 0. The van der Waals surface area contributed by atoms with Crippen LogP contribution >= 0.6 is 38.9 Å². The maximum Gasteiger partial charge on any atom is 0.412 e. The van der Waals surface area contributed by atoms with Crippen LogP contribution in [0.25, 0.3) is 0 Å². The Morgan fingerprint density at radius 3 is 2.63 bits per heavy atom. The number of rotatable bonds is 3. The molecule has 2 rings (SSSR count). The molecule has 0 aliphatic heterocycles. The van der Waals surface area contributed by atoms with Gasteiger partial charge in [-0.3, -0.25) is 4.90 Å². The second-order valence-electron chi connectivity index (χ2n) is 3.93. The monoisotopic (exact) mass is 359 g/mol. The van der Waals surface area contributed by atoms with Crippen LogP contribution < -0.4 is 4.90 Å². The standard InChI is InChI=1S/C13H11BrClNO2S/c1-8(9-4-2-3-5-10(9)15)16(13(17)18)11-6-7-19-12(11)14/h2-8H,1H3,(H,17,18). The molecule has 0 aliphatic carbocycles. The van der Waals surface area contributed by atoms with E-state index in [-0.39, 0.29) is 6.04 Å². The largest absolute Gasteiger partial charge is 0.465 e. The Bertz CT molecular complexity index is 602. The van der Waals surface area contributed by atoms with Gasteiger partial charge in [-0.05, 0) is 45.9 Å². The number of nitrogens with zero attached hydrogens (tertiary/aromatic N) is 1. The van der Waals surface area contributed by atoms with Crippen molar-refractivity contribution in [3.63, 3.8) is 0 Å². The van der Waals surface area contributed by atoms with Crippen molar-refractivity contribution in [2.45, 2.75) is 13.0 Å². The zero-order valence-electron chi connectivity index (χ0n) is 10.0. The number of hydrogen-bond acceptors (Lipinski definition) is 2. The van der Waals surface area contributed by atoms with E-state index >= 15 is 0 Å². The summed E-state index contributed by atoms with van der Waals surface area (Å²) in [7, 11) is 0. The molecule has 19 heavy (non-hydrogen) atoms. The fraction of sp³-hybridized carbons (Fsp3) is 0.154. The van der Waals surface area contributed by atoms with E-state index in [0.717, 1.165) is 9.35 Å². The molecule has 1 aromatic heterocycles. The van der Waals surface area contributed by atoms with Gasteiger partial charge >= 0.3 is 6.09 Å². The van der Waals surface area contributed by atoms with Gasteiger partial charge in [0.05, 0.1) is 15.5 Å². The molecule has 3 nitrogen and oxygen atoms in total. The van der Waals surface area contributed by atoms with Crippen molar-refractivity contribution >= 4 is 50.6 Å². The third kappa shape index (κ3) is 2.94. The highest BCUT2D eigenvalue weighted by Gasteiger charge is 2.26. The molecule has 1 heterocycles. The molecule has 0 aliphatic rings. The minimum atomic E-state index is -1.01. The molecule has 1 amide bonds. The number of thiophene rings is 1. The Morgan fingerprint density at radius 2 is 2.11 bits per heavy atom. The second kappa shape index (κ2) is 5.94. The van der Waals surface area contributed by atoms with E-state index in [9.17, 15) is 9.90 Å². The Labute approximate surface area is 128 Å². The first-order chi connectivity index (χ1) is 9.02. The van der Waals surface area contributed by atoms with Crippen LogP contribution in [0, 0.1) is 0 Å². The smallest absolute Gasteiger partial charge is 0.412 e. The van der Waals surface area contributed by atoms with E-state index in [0.29, 0.717) is 10.7 Å². The van der Waals surface area contributed by atoms with Gasteiger partial charge in [0.2, 0.25) is 0 Å². The third-order valence-corrected chi connectivity index (χ3v) is 4.81. The molecule has 1 aromatic carbocycles. The molecule has 2 aromatic rings. The molecule has 0 saturated heterocycles. The number of hydrogen-bond donors (Lipinski definition) is 1. The Morgan fingerprint density at radius 1 is 1.42 bits per heavy atom. The van der Waals surface area contributed by atoms with E-state index in [1.54, 1.807) is 12.1 Å². The molecule has 1 N–H and O–H groups in total. The molecule has 0 bridgehead atoms. The van der Waals surface area contributed by atoms with Gasteiger partial charge in [-0.2, -0.15) is 0 Å². The van der Waals surface area contributed by atoms with Crippen LogP contribution in [0.1, 0.15) is 18.5 Å². The summed E-state index contributed by atoms with van der Waals surface area (Å²) < 4.78 is 0.786. The van der Waals surface area contributed by atoms with Crippen molar-refractivity contribution in [1.82, 2.24) is 0 Å². The van der Waals surface area contributed by atoms with Crippen molar-refractivity contribution in [3.05, 3.63) is 50.1 Å². The van der Waals surface area contributed by atoms with Gasteiger partial charge in [0.15, 0.2) is 0 Å². The fourth-order valence-electron chi connectivity index (χ4n) is 1.89. The predicted octanol–water partition coefficient (Wildman–Crippen LogP) is 5.41. The molecule has 0 fully saturated rings. The number of carbonyl (C=O) groups is 1. The first-order valence-electron chi connectivity index (χ1n) is 5.52. The van der Waals surface area contributed by atoms with Crippen LogP contribution in [0.3, 0.4) is 0 Å². The van der Waals surface area contributed by atoms with E-state index < -0.39 is 6.09 Å². The van der Waals surface area contributed by atoms with Crippen LogP contribution in [0.15, 0.2) is 39.5 Å². The summed E-state index contributed by atoms with van der Waals surface area (Å²) in [5, 5.41) is 11.9. The summed E-state index contributed by atoms with van der Waals surface area (Å²) in [4.78, 5) is 12.9. The van der Waals surface area contributed by atoms with E-state index in [4.69, 9.17) is 11.6 Å². The molecular formula is C13H11BrClNO2S. The summed E-state index contributed by atoms with van der Waals surface area (Å²) >= 11 is 11.0. The highest BCUT2D eigenvalue weighted by molar-refractivity contribution is 9.11. The zero-order valence-corrected chi connectivity index (χ0v) is 13.2. The minimum absolute atomic E-state index is 0.364. The zero-order chi connectivity index (χ0) is 14.0. The maximum atomic E-state index is 11.5. The Kier molecular flexibility index (Phi) is 4.50. The lowest BCUT2D eigenvalue weighted by Crippen LogP contribution is -2.32. The highest BCUT2D eigenvalue weighted by Crippen LogP contribution is 2.38. The third-order valence-electron chi connectivity index (χ3n) is 2.81. The van der Waals surface area contributed by atoms with Crippen molar-refractivity contribution in [1.29, 1.82) is 0 Å². The van der Waals surface area contributed by atoms with Gasteiger partial charge < -0.3 is 5.11 Å². The van der Waals surface area contributed by atoms with E-state index in [1.165, 1.54) is 16.2 Å². The molecule has 1 atom stereocenters. The highest BCUT2D eigenvalue weighted by atomic mass is 79.9. The van der Waals surface area contributed by atoms with Gasteiger partial charge in [-0.25, -0.2) is 4.79 Å². The molecule has 0 spiro atoms. The summed E-state index contributed by atoms with van der Waals surface area (Å²) in [6.07, 6.45) is -1.01. The van der Waals surface area contributed by atoms with Gasteiger partial charge in [0.1, 0.15) is 0 Å². The summed E-state index contributed by atoms with van der Waals surface area (Å²) in [6, 6.07) is 8.68. The molecule has 0 radical (unpaired) electrons. The average molecular weight is 361 g/mol. The van der Waals surface area contributed by atoms with Crippen LogP contribution in [0.2, 0.25) is 5.02 Å². The number of benzene rings is 1. The summed E-state index contributed by atoms with van der Waals surface area (Å²) in [6.45, 7) is 1.82. The van der Waals surface area contributed by atoms with Crippen molar-refractivity contribution < 1.29 is 9.90 Å². The van der Waals surface area contributed by atoms with Crippen molar-refractivity contribution in [3.8, 4) is 0 Å². The maximum absolute atomic E-state index is 11.5. The number of carboxylic acid groups (broad SMARTS) is 1. The Hall–Kier alpha value is -1.04. The first kappa shape index (κ1) is 14.4. The first-order valence-corrected chi connectivity index (χ1v) is 7.57. The number of amides is 1. The number of halogens is 2. The molecule has 6 heteroatoms. The Balaban J connectivity index is 2.44. The van der Waals surface area contributed by atoms with Gasteiger partial charge in [0.25, 0.3) is 0 Å². The van der Waals surface area contributed by atoms with Crippen LogP contribution in [-0.4, -0.2) is 11.2 Å². The van der Waals surface area contributed by atoms with Crippen LogP contribution in [0.5, 0.6) is 0 Å². The van der Waals surface area contributed by atoms with Crippen LogP contribution in [0.4, 0.5) is 10.5 Å². The summed E-state index contributed by atoms with van der Waals surface area (Å²) in [5.41, 5.74) is 1.41. The molecule has 1 unspecified atom stereocenters. The van der Waals surface area contributed by atoms with Gasteiger partial charge in [-0.15, -0.1) is 11.3 Å². The van der Waals surface area contributed by atoms with Crippen molar-refractivity contribution in [2.75, 3.05) is 4.90 Å². The van der Waals surface area contributed by atoms with Crippen LogP contribution in [-0.2, 0) is 0 Å². The number of anilines is 1.